The molecule has 0 N–H and O–H groups in total. The van der Waals surface area contributed by atoms with Crippen molar-refractivity contribution in [3.63, 3.8) is 0 Å². The van der Waals surface area contributed by atoms with Crippen LogP contribution in [0.3, 0.4) is 0 Å². The highest BCUT2D eigenvalue weighted by Gasteiger charge is 2.15. The lowest BCUT2D eigenvalue weighted by Gasteiger charge is -2.21. The van der Waals surface area contributed by atoms with Crippen molar-refractivity contribution in [3.05, 3.63) is 23.8 Å². The molecule has 1 unspecified atom stereocenters. The van der Waals surface area contributed by atoms with E-state index in [2.05, 4.69) is 26.5 Å². The summed E-state index contributed by atoms with van der Waals surface area (Å²) in [5, 5.41) is 0. The first-order chi connectivity index (χ1) is 13.6. The van der Waals surface area contributed by atoms with E-state index < -0.39 is 0 Å². The smallest absolute Gasteiger partial charge is 0.306 e. The molecule has 1 aliphatic carbocycles. The van der Waals surface area contributed by atoms with E-state index in [1.807, 2.05) is 0 Å². The minimum atomic E-state index is -0.0222. The minimum Gasteiger partial charge on any atom is -0.461 e. The SMILES string of the molecule is C=C(C)C1CC=C(COC(=O)CCCCCCCCCCCCCCC)CC1. The van der Waals surface area contributed by atoms with Crippen LogP contribution in [0.15, 0.2) is 23.8 Å². The molecule has 1 rings (SSSR count). The number of hydrogen-bond donors (Lipinski definition) is 0. The van der Waals surface area contributed by atoms with Gasteiger partial charge in [0.05, 0.1) is 0 Å². The van der Waals surface area contributed by atoms with Gasteiger partial charge in [-0.1, -0.05) is 102 Å². The van der Waals surface area contributed by atoms with E-state index >= 15 is 0 Å². The number of carbonyl (C=O) groups is 1. The van der Waals surface area contributed by atoms with Crippen LogP contribution in [0.25, 0.3) is 0 Å². The highest BCUT2D eigenvalue weighted by atomic mass is 16.5. The molecular weight excluding hydrogens is 344 g/mol. The van der Waals surface area contributed by atoms with Crippen molar-refractivity contribution >= 4 is 5.97 Å². The van der Waals surface area contributed by atoms with Crippen LogP contribution >= 0.6 is 0 Å². The lowest BCUT2D eigenvalue weighted by molar-refractivity contribution is -0.142. The van der Waals surface area contributed by atoms with Crippen molar-refractivity contribution in [2.75, 3.05) is 6.61 Å². The normalized spacial score (nSPS) is 16.6. The molecule has 0 saturated heterocycles. The number of hydrogen-bond acceptors (Lipinski definition) is 2. The summed E-state index contributed by atoms with van der Waals surface area (Å²) in [5.41, 5.74) is 2.56. The van der Waals surface area contributed by atoms with Crippen molar-refractivity contribution in [1.82, 2.24) is 0 Å². The van der Waals surface area contributed by atoms with Crippen LogP contribution in [-0.2, 0) is 9.53 Å². The molecule has 0 aromatic carbocycles. The topological polar surface area (TPSA) is 26.3 Å². The fourth-order valence-electron chi connectivity index (χ4n) is 4.00. The predicted octanol–water partition coefficient (Wildman–Crippen LogP) is 8.31. The van der Waals surface area contributed by atoms with Crippen molar-refractivity contribution in [2.45, 2.75) is 123 Å². The molecule has 0 spiro atoms. The van der Waals surface area contributed by atoms with Gasteiger partial charge in [0, 0.05) is 6.42 Å². The third-order valence-electron chi connectivity index (χ3n) is 6.10. The second-order valence-corrected chi connectivity index (χ2v) is 8.83. The Hall–Kier alpha value is -1.05. The Bertz CT molecular complexity index is 449. The van der Waals surface area contributed by atoms with Gasteiger partial charge in [-0.2, -0.15) is 0 Å². The molecule has 28 heavy (non-hydrogen) atoms. The highest BCUT2D eigenvalue weighted by molar-refractivity contribution is 5.69. The van der Waals surface area contributed by atoms with Gasteiger partial charge in [-0.25, -0.2) is 0 Å². The van der Waals surface area contributed by atoms with Crippen molar-refractivity contribution in [2.24, 2.45) is 5.92 Å². The fourth-order valence-corrected chi connectivity index (χ4v) is 4.00. The van der Waals surface area contributed by atoms with E-state index in [4.69, 9.17) is 4.74 Å². The summed E-state index contributed by atoms with van der Waals surface area (Å²) >= 11 is 0. The number of unbranched alkanes of at least 4 members (excludes halogenated alkanes) is 12. The Morgan fingerprint density at radius 1 is 0.964 bits per heavy atom. The minimum absolute atomic E-state index is 0.0222. The summed E-state index contributed by atoms with van der Waals surface area (Å²) in [4.78, 5) is 11.9. The molecule has 0 amide bonds. The molecule has 0 aromatic rings. The van der Waals surface area contributed by atoms with Crippen LogP contribution in [0.1, 0.15) is 123 Å². The maximum Gasteiger partial charge on any atom is 0.306 e. The summed E-state index contributed by atoms with van der Waals surface area (Å²) < 4.78 is 5.45. The average molecular weight is 391 g/mol. The van der Waals surface area contributed by atoms with E-state index in [9.17, 15) is 4.79 Å². The zero-order valence-electron chi connectivity index (χ0n) is 18.9. The number of carbonyl (C=O) groups excluding carboxylic acids is 1. The Morgan fingerprint density at radius 3 is 1.96 bits per heavy atom. The van der Waals surface area contributed by atoms with Crippen LogP contribution < -0.4 is 0 Å². The Labute approximate surface area is 175 Å². The van der Waals surface area contributed by atoms with Crippen molar-refractivity contribution in [1.29, 1.82) is 0 Å². The molecule has 0 aliphatic heterocycles. The molecule has 2 heteroatoms. The largest absolute Gasteiger partial charge is 0.461 e. The van der Waals surface area contributed by atoms with E-state index in [1.54, 1.807) is 0 Å². The molecule has 0 bridgehead atoms. The van der Waals surface area contributed by atoms with Crippen LogP contribution in [-0.4, -0.2) is 12.6 Å². The van der Waals surface area contributed by atoms with Crippen molar-refractivity contribution in [3.8, 4) is 0 Å². The predicted molar refractivity (Wildman–Crippen MR) is 122 cm³/mol. The van der Waals surface area contributed by atoms with Crippen LogP contribution in [0.4, 0.5) is 0 Å². The standard InChI is InChI=1S/C26H46O2/c1-4-5-6-7-8-9-10-11-12-13-14-15-16-17-26(27)28-22-24-18-20-25(21-19-24)23(2)3/h18,25H,2,4-17,19-22H2,1,3H3. The summed E-state index contributed by atoms with van der Waals surface area (Å²) in [6.45, 7) is 8.93. The van der Waals surface area contributed by atoms with Gasteiger partial charge in [0.15, 0.2) is 0 Å². The summed E-state index contributed by atoms with van der Waals surface area (Å²) in [7, 11) is 0. The fraction of sp³-hybridized carbons (Fsp3) is 0.808. The molecule has 2 nitrogen and oxygen atoms in total. The van der Waals surface area contributed by atoms with Gasteiger partial charge in [-0.05, 0) is 44.1 Å². The number of rotatable bonds is 17. The molecule has 0 saturated carbocycles. The van der Waals surface area contributed by atoms with Gasteiger partial charge in [-0.15, -0.1) is 0 Å². The molecule has 0 radical (unpaired) electrons. The first-order valence-corrected chi connectivity index (χ1v) is 12.1. The zero-order valence-corrected chi connectivity index (χ0v) is 18.9. The molecular formula is C26H46O2. The monoisotopic (exact) mass is 390 g/mol. The van der Waals surface area contributed by atoms with E-state index in [1.165, 1.54) is 81.8 Å². The van der Waals surface area contributed by atoms with Gasteiger partial charge >= 0.3 is 5.97 Å². The Balaban J connectivity index is 1.86. The molecule has 0 fully saturated rings. The van der Waals surface area contributed by atoms with Gasteiger partial charge < -0.3 is 4.74 Å². The Morgan fingerprint density at radius 2 is 1.50 bits per heavy atom. The summed E-state index contributed by atoms with van der Waals surface area (Å²) in [6, 6.07) is 0. The van der Waals surface area contributed by atoms with Crippen LogP contribution in [0.2, 0.25) is 0 Å². The molecule has 162 valence electrons. The lowest BCUT2D eigenvalue weighted by atomic mass is 9.86. The van der Waals surface area contributed by atoms with Crippen molar-refractivity contribution < 1.29 is 9.53 Å². The maximum atomic E-state index is 11.9. The Kier molecular flexibility index (Phi) is 15.0. The van der Waals surface area contributed by atoms with Gasteiger partial charge in [0.2, 0.25) is 0 Å². The van der Waals surface area contributed by atoms with E-state index in [0.717, 1.165) is 32.1 Å². The third kappa shape index (κ3) is 13.2. The molecule has 1 aliphatic rings. The maximum absolute atomic E-state index is 11.9. The quantitative estimate of drug-likeness (QED) is 0.142. The number of ether oxygens (including phenoxy) is 1. The van der Waals surface area contributed by atoms with Crippen LogP contribution in [0.5, 0.6) is 0 Å². The third-order valence-corrected chi connectivity index (χ3v) is 6.10. The average Bonchev–Trinajstić information content (AvgIpc) is 2.70. The molecule has 0 aromatic heterocycles. The highest BCUT2D eigenvalue weighted by Crippen LogP contribution is 2.28. The first kappa shape index (κ1) is 25.0. The second-order valence-electron chi connectivity index (χ2n) is 8.83. The zero-order chi connectivity index (χ0) is 20.5. The number of allylic oxidation sites excluding steroid dienone is 2. The molecule has 1 atom stereocenters. The molecule has 0 heterocycles. The van der Waals surface area contributed by atoms with E-state index in [0.29, 0.717) is 18.9 Å². The van der Waals surface area contributed by atoms with Gasteiger partial charge in [0.1, 0.15) is 6.61 Å². The lowest BCUT2D eigenvalue weighted by Crippen LogP contribution is -2.12. The second kappa shape index (κ2) is 16.9. The van der Waals surface area contributed by atoms with Crippen LogP contribution in [0, 0.1) is 5.92 Å². The van der Waals surface area contributed by atoms with E-state index in [-0.39, 0.29) is 5.97 Å². The summed E-state index contributed by atoms with van der Waals surface area (Å²) in [6.07, 6.45) is 23.4. The first-order valence-electron chi connectivity index (χ1n) is 12.1. The van der Waals surface area contributed by atoms with Gasteiger partial charge in [-0.3, -0.25) is 4.79 Å². The summed E-state index contributed by atoms with van der Waals surface area (Å²) in [5.74, 6) is 0.594. The number of esters is 1. The van der Waals surface area contributed by atoms with Gasteiger partial charge in [0.25, 0.3) is 0 Å².